The van der Waals surface area contributed by atoms with Gasteiger partial charge in [-0.3, -0.25) is 4.79 Å². The van der Waals surface area contributed by atoms with Crippen molar-refractivity contribution in [3.05, 3.63) is 29.3 Å². The van der Waals surface area contributed by atoms with Gasteiger partial charge in [0.15, 0.2) is 5.78 Å². The minimum atomic E-state index is -4.50. The molecular weight excluding hydrogens is 347 g/mol. The number of carbonyl (C=O) groups excluding carboxylic acids is 1. The smallest absolute Gasteiger partial charge is 0.300 e. The van der Waals surface area contributed by atoms with Crippen molar-refractivity contribution >= 4 is 17.5 Å². The van der Waals surface area contributed by atoms with Gasteiger partial charge in [0.05, 0.1) is 5.56 Å². The van der Waals surface area contributed by atoms with Crippen LogP contribution >= 0.6 is 11.8 Å². The van der Waals surface area contributed by atoms with Gasteiger partial charge in [0.1, 0.15) is 0 Å². The van der Waals surface area contributed by atoms with Crippen molar-refractivity contribution < 1.29 is 18.0 Å². The van der Waals surface area contributed by atoms with Gasteiger partial charge in [-0.2, -0.15) is 13.2 Å². The molecule has 1 heterocycles. The molecule has 1 aromatic carbocycles. The van der Waals surface area contributed by atoms with Gasteiger partial charge in [0.2, 0.25) is 0 Å². The second-order valence-corrected chi connectivity index (χ2v) is 7.86. The summed E-state index contributed by atoms with van der Waals surface area (Å²) in [6, 6.07) is 4.38. The highest BCUT2D eigenvalue weighted by molar-refractivity contribution is 7.98. The van der Waals surface area contributed by atoms with Gasteiger partial charge < -0.3 is 4.90 Å². The number of carbonyl (C=O) groups is 1. The van der Waals surface area contributed by atoms with Gasteiger partial charge in [0.25, 0.3) is 0 Å². The number of nitrogens with zero attached hydrogens (tertiary/aromatic N) is 1. The highest BCUT2D eigenvalue weighted by atomic mass is 32.2. The molecule has 0 spiro atoms. The first-order valence-corrected chi connectivity index (χ1v) is 10.2. The van der Waals surface area contributed by atoms with Gasteiger partial charge in [-0.1, -0.05) is 12.5 Å². The summed E-state index contributed by atoms with van der Waals surface area (Å²) in [6.07, 6.45) is 2.88. The molecule has 1 aliphatic carbocycles. The minimum Gasteiger partial charge on any atom is -0.300 e. The van der Waals surface area contributed by atoms with E-state index in [0.29, 0.717) is 10.9 Å². The molecule has 1 saturated carbocycles. The number of alkyl halides is 3. The summed E-state index contributed by atoms with van der Waals surface area (Å²) in [5.41, 5.74) is -0.922. The normalized spacial score (nSPS) is 24.8. The van der Waals surface area contributed by atoms with Gasteiger partial charge >= 0.3 is 6.18 Å². The van der Waals surface area contributed by atoms with Crippen LogP contribution in [0.1, 0.15) is 54.4 Å². The lowest BCUT2D eigenvalue weighted by Gasteiger charge is -2.29. The summed E-state index contributed by atoms with van der Waals surface area (Å²) in [5, 5.41) is 0. The number of hydrogen-bond donors (Lipinski definition) is 0. The van der Waals surface area contributed by atoms with Crippen molar-refractivity contribution in [3.8, 4) is 0 Å². The van der Waals surface area contributed by atoms with E-state index >= 15 is 0 Å². The fourth-order valence-electron chi connectivity index (χ4n) is 4.37. The van der Waals surface area contributed by atoms with Crippen molar-refractivity contribution in [2.45, 2.75) is 55.6 Å². The predicted molar refractivity (Wildman–Crippen MR) is 94.1 cm³/mol. The summed E-state index contributed by atoms with van der Waals surface area (Å²) in [4.78, 5) is 15.7. The van der Waals surface area contributed by atoms with E-state index in [4.69, 9.17) is 0 Å². The fourth-order valence-corrected chi connectivity index (χ4v) is 5.02. The number of hydrogen-bond acceptors (Lipinski definition) is 3. The molecule has 6 heteroatoms. The van der Waals surface area contributed by atoms with Gasteiger partial charge in [-0.25, -0.2) is 0 Å². The first kappa shape index (κ1) is 18.8. The van der Waals surface area contributed by atoms with E-state index in [1.807, 2.05) is 0 Å². The van der Waals surface area contributed by atoms with E-state index in [9.17, 15) is 18.0 Å². The van der Waals surface area contributed by atoms with E-state index < -0.39 is 11.7 Å². The molecule has 138 valence electrons. The Labute approximate surface area is 151 Å². The predicted octanol–water partition coefficient (Wildman–Crippen LogP) is 5.26. The second kappa shape index (κ2) is 7.70. The first-order chi connectivity index (χ1) is 11.9. The Morgan fingerprint density at radius 3 is 2.56 bits per heavy atom. The molecule has 0 aromatic heterocycles. The topological polar surface area (TPSA) is 20.3 Å². The molecule has 3 rings (SSSR count). The van der Waals surface area contributed by atoms with Crippen LogP contribution in [0.4, 0.5) is 13.2 Å². The van der Waals surface area contributed by atoms with Crippen molar-refractivity contribution in [2.24, 2.45) is 5.92 Å². The lowest BCUT2D eigenvalue weighted by Crippen LogP contribution is -2.36. The van der Waals surface area contributed by atoms with Crippen LogP contribution in [-0.2, 0) is 6.18 Å². The molecule has 0 bridgehead atoms. The molecule has 2 aliphatic rings. The highest BCUT2D eigenvalue weighted by Gasteiger charge is 2.39. The standard InChI is InChI=1S/C19H24F3NOS/c1-25-17-9-5-7-14(19(20,21)22)18(17)16(24)12-13-6-4-8-15(13)23-10-2-3-11-23/h5,7,9,13,15H,2-4,6,8,10-12H2,1H3/t13-,15-/m1/s1. The minimum absolute atomic E-state index is 0.130. The number of ketones is 1. The molecule has 2 nitrogen and oxygen atoms in total. The Hall–Kier alpha value is -1.01. The zero-order chi connectivity index (χ0) is 18.0. The zero-order valence-electron chi connectivity index (χ0n) is 14.4. The maximum Gasteiger partial charge on any atom is 0.417 e. The number of halogens is 3. The lowest BCUT2D eigenvalue weighted by molar-refractivity contribution is -0.138. The number of rotatable bonds is 5. The van der Waals surface area contributed by atoms with Crippen molar-refractivity contribution in [2.75, 3.05) is 19.3 Å². The molecule has 1 aliphatic heterocycles. The highest BCUT2D eigenvalue weighted by Crippen LogP contribution is 2.39. The van der Waals surface area contributed by atoms with E-state index in [0.717, 1.165) is 38.4 Å². The largest absolute Gasteiger partial charge is 0.417 e. The molecular formula is C19H24F3NOS. The molecule has 1 aromatic rings. The third kappa shape index (κ3) is 4.05. The quantitative estimate of drug-likeness (QED) is 0.520. The summed E-state index contributed by atoms with van der Waals surface area (Å²) < 4.78 is 40.2. The Kier molecular flexibility index (Phi) is 5.78. The summed E-state index contributed by atoms with van der Waals surface area (Å²) in [6.45, 7) is 2.12. The number of thioether (sulfide) groups is 1. The summed E-state index contributed by atoms with van der Waals surface area (Å²) >= 11 is 1.21. The molecule has 2 fully saturated rings. The Bertz CT molecular complexity index is 626. The van der Waals surface area contributed by atoms with Gasteiger partial charge in [-0.05, 0) is 63.1 Å². The first-order valence-electron chi connectivity index (χ1n) is 8.93. The molecule has 0 radical (unpaired) electrons. The van der Waals surface area contributed by atoms with E-state index in [1.165, 1.54) is 30.7 Å². The van der Waals surface area contributed by atoms with Gasteiger partial charge in [-0.15, -0.1) is 11.8 Å². The van der Waals surface area contributed by atoms with Crippen molar-refractivity contribution in [1.82, 2.24) is 4.90 Å². The third-order valence-corrected chi connectivity index (χ3v) is 6.29. The van der Waals surface area contributed by atoms with Gasteiger partial charge in [0, 0.05) is 22.9 Å². The molecule has 1 saturated heterocycles. The zero-order valence-corrected chi connectivity index (χ0v) is 15.3. The molecule has 0 N–H and O–H groups in total. The molecule has 0 amide bonds. The SMILES string of the molecule is CSc1cccc(C(F)(F)F)c1C(=O)C[C@H]1CCC[C@H]1N1CCCC1. The third-order valence-electron chi connectivity index (χ3n) is 5.51. The summed E-state index contributed by atoms with van der Waals surface area (Å²) in [7, 11) is 0. The average Bonchev–Trinajstić information content (AvgIpc) is 3.24. The Morgan fingerprint density at radius 2 is 1.92 bits per heavy atom. The Balaban J connectivity index is 1.83. The fraction of sp³-hybridized carbons (Fsp3) is 0.632. The molecule has 25 heavy (non-hydrogen) atoms. The van der Waals surface area contributed by atoms with E-state index in [-0.39, 0.29) is 23.7 Å². The van der Waals surface area contributed by atoms with E-state index in [1.54, 1.807) is 12.3 Å². The number of likely N-dealkylation sites (tertiary alicyclic amines) is 1. The number of Topliss-reactive ketones (excluding diaryl/α,β-unsaturated/α-hetero) is 1. The Morgan fingerprint density at radius 1 is 1.20 bits per heavy atom. The van der Waals surface area contributed by atoms with Crippen molar-refractivity contribution in [3.63, 3.8) is 0 Å². The van der Waals surface area contributed by atoms with Crippen LogP contribution < -0.4 is 0 Å². The maximum atomic E-state index is 13.4. The number of benzene rings is 1. The average molecular weight is 371 g/mol. The molecule has 2 atom stereocenters. The van der Waals surface area contributed by atoms with Crippen LogP contribution in [0.25, 0.3) is 0 Å². The van der Waals surface area contributed by atoms with Crippen LogP contribution in [0.3, 0.4) is 0 Å². The molecule has 0 unspecified atom stereocenters. The van der Waals surface area contributed by atoms with E-state index in [2.05, 4.69) is 4.90 Å². The summed E-state index contributed by atoms with van der Waals surface area (Å²) in [5.74, 6) is -0.171. The van der Waals surface area contributed by atoms with Crippen LogP contribution in [-0.4, -0.2) is 36.1 Å². The second-order valence-electron chi connectivity index (χ2n) is 7.01. The van der Waals surface area contributed by atoms with Crippen LogP contribution in [0.5, 0.6) is 0 Å². The van der Waals surface area contributed by atoms with Crippen LogP contribution in [0.15, 0.2) is 23.1 Å². The van der Waals surface area contributed by atoms with Crippen LogP contribution in [0, 0.1) is 5.92 Å². The monoisotopic (exact) mass is 371 g/mol. The maximum absolute atomic E-state index is 13.4. The lowest BCUT2D eigenvalue weighted by atomic mass is 9.91. The van der Waals surface area contributed by atoms with Crippen molar-refractivity contribution in [1.29, 1.82) is 0 Å². The van der Waals surface area contributed by atoms with Crippen LogP contribution in [0.2, 0.25) is 0 Å².